The average Bonchev–Trinajstić information content (AvgIpc) is 2.80. The molecule has 2 heteroatoms. The van der Waals surface area contributed by atoms with Crippen LogP contribution in [-0.4, -0.2) is 9.97 Å². The smallest absolute Gasteiger partial charge is 0.109 e. The van der Waals surface area contributed by atoms with Crippen molar-refractivity contribution in [1.29, 1.82) is 0 Å². The van der Waals surface area contributed by atoms with Crippen LogP contribution in [0.5, 0.6) is 0 Å². The van der Waals surface area contributed by atoms with Crippen molar-refractivity contribution in [2.24, 2.45) is 17.3 Å². The molecule has 20 heavy (non-hydrogen) atoms. The third-order valence-corrected chi connectivity index (χ3v) is 5.65. The number of hydrogen-bond donors (Lipinski definition) is 1. The van der Waals surface area contributed by atoms with Crippen molar-refractivity contribution in [3.05, 3.63) is 17.2 Å². The molecule has 1 unspecified atom stereocenters. The van der Waals surface area contributed by atoms with Crippen LogP contribution in [-0.2, 0) is 12.8 Å². The molecule has 1 aromatic rings. The van der Waals surface area contributed by atoms with Crippen molar-refractivity contribution in [3.8, 4) is 0 Å². The van der Waals surface area contributed by atoms with Gasteiger partial charge in [-0.2, -0.15) is 0 Å². The van der Waals surface area contributed by atoms with Crippen molar-refractivity contribution >= 4 is 0 Å². The van der Waals surface area contributed by atoms with Gasteiger partial charge in [0.1, 0.15) is 5.82 Å². The molecule has 2 aliphatic rings. The van der Waals surface area contributed by atoms with Crippen LogP contribution in [0.15, 0.2) is 0 Å². The number of fused-ring (bicyclic) bond motifs is 1. The number of aromatic nitrogens is 2. The van der Waals surface area contributed by atoms with Gasteiger partial charge in [0.2, 0.25) is 0 Å². The lowest BCUT2D eigenvalue weighted by atomic mass is 9.70. The van der Waals surface area contributed by atoms with E-state index in [4.69, 9.17) is 4.98 Å². The number of imidazole rings is 1. The molecule has 1 heterocycles. The molecule has 1 fully saturated rings. The van der Waals surface area contributed by atoms with Crippen LogP contribution in [0.25, 0.3) is 0 Å². The van der Waals surface area contributed by atoms with Gasteiger partial charge in [-0.05, 0) is 62.2 Å². The fourth-order valence-electron chi connectivity index (χ4n) is 4.10. The van der Waals surface area contributed by atoms with Crippen LogP contribution in [0.3, 0.4) is 0 Å². The highest BCUT2D eigenvalue weighted by molar-refractivity contribution is 5.20. The molecule has 0 aromatic carbocycles. The predicted octanol–water partition coefficient (Wildman–Crippen LogP) is 4.85. The summed E-state index contributed by atoms with van der Waals surface area (Å²) in [6.07, 6.45) is 9.09. The van der Waals surface area contributed by atoms with Crippen LogP contribution in [0.1, 0.15) is 82.9 Å². The fraction of sp³-hybridized carbons (Fsp3) is 0.833. The average molecular weight is 274 g/mol. The minimum atomic E-state index is 0.475. The Labute approximate surface area is 123 Å². The van der Waals surface area contributed by atoms with Gasteiger partial charge in [-0.15, -0.1) is 0 Å². The van der Waals surface area contributed by atoms with Crippen LogP contribution in [0.2, 0.25) is 0 Å². The van der Waals surface area contributed by atoms with E-state index in [-0.39, 0.29) is 0 Å². The van der Waals surface area contributed by atoms with E-state index in [0.717, 1.165) is 11.8 Å². The fourth-order valence-corrected chi connectivity index (χ4v) is 4.10. The van der Waals surface area contributed by atoms with E-state index in [1.807, 2.05) is 0 Å². The first-order valence-corrected chi connectivity index (χ1v) is 8.51. The minimum absolute atomic E-state index is 0.475. The Bertz CT molecular complexity index is 458. The summed E-state index contributed by atoms with van der Waals surface area (Å²) >= 11 is 0. The summed E-state index contributed by atoms with van der Waals surface area (Å²) in [6, 6.07) is 0. The van der Waals surface area contributed by atoms with Crippen LogP contribution < -0.4 is 0 Å². The van der Waals surface area contributed by atoms with Gasteiger partial charge in [0.05, 0.1) is 5.69 Å². The van der Waals surface area contributed by atoms with Gasteiger partial charge in [-0.3, -0.25) is 0 Å². The van der Waals surface area contributed by atoms with Gasteiger partial charge in [0.25, 0.3) is 0 Å². The quantitative estimate of drug-likeness (QED) is 0.779. The molecule has 0 aliphatic heterocycles. The molecule has 1 N–H and O–H groups in total. The first-order chi connectivity index (χ1) is 9.43. The van der Waals surface area contributed by atoms with E-state index in [1.165, 1.54) is 62.2 Å². The van der Waals surface area contributed by atoms with Gasteiger partial charge < -0.3 is 4.98 Å². The van der Waals surface area contributed by atoms with E-state index in [0.29, 0.717) is 11.3 Å². The van der Waals surface area contributed by atoms with Crippen LogP contribution >= 0.6 is 0 Å². The highest BCUT2D eigenvalue weighted by Gasteiger charge is 2.32. The zero-order valence-electron chi connectivity index (χ0n) is 13.6. The molecule has 3 rings (SSSR count). The molecule has 2 aliphatic carbocycles. The van der Waals surface area contributed by atoms with Crippen LogP contribution in [0.4, 0.5) is 0 Å². The highest BCUT2D eigenvalue weighted by atomic mass is 14.9. The third kappa shape index (κ3) is 2.80. The Kier molecular flexibility index (Phi) is 3.68. The summed E-state index contributed by atoms with van der Waals surface area (Å²) in [7, 11) is 0. The molecule has 1 atom stereocenters. The number of rotatable bonds is 1. The Balaban J connectivity index is 1.67. The topological polar surface area (TPSA) is 28.7 Å². The van der Waals surface area contributed by atoms with Crippen molar-refractivity contribution in [3.63, 3.8) is 0 Å². The second kappa shape index (κ2) is 5.20. The molecule has 1 saturated carbocycles. The summed E-state index contributed by atoms with van der Waals surface area (Å²) in [4.78, 5) is 8.62. The summed E-state index contributed by atoms with van der Waals surface area (Å²) in [5.74, 6) is 3.71. The molecule has 0 amide bonds. The Hall–Kier alpha value is -0.790. The maximum absolute atomic E-state index is 4.94. The van der Waals surface area contributed by atoms with Crippen molar-refractivity contribution in [2.45, 2.75) is 78.6 Å². The molecule has 2 nitrogen and oxygen atoms in total. The first kappa shape index (κ1) is 14.2. The highest BCUT2D eigenvalue weighted by Crippen LogP contribution is 2.42. The normalized spacial score (nSPS) is 31.1. The first-order valence-electron chi connectivity index (χ1n) is 8.51. The Morgan fingerprint density at radius 2 is 1.75 bits per heavy atom. The van der Waals surface area contributed by atoms with E-state index in [1.54, 1.807) is 0 Å². The van der Waals surface area contributed by atoms with E-state index in [2.05, 4.69) is 32.7 Å². The van der Waals surface area contributed by atoms with Gasteiger partial charge in [0, 0.05) is 11.6 Å². The van der Waals surface area contributed by atoms with Crippen LogP contribution in [0, 0.1) is 17.3 Å². The van der Waals surface area contributed by atoms with E-state index >= 15 is 0 Å². The van der Waals surface area contributed by atoms with Gasteiger partial charge >= 0.3 is 0 Å². The lowest BCUT2D eigenvalue weighted by molar-refractivity contribution is 0.167. The Morgan fingerprint density at radius 3 is 2.40 bits per heavy atom. The molecule has 112 valence electrons. The number of hydrogen-bond acceptors (Lipinski definition) is 1. The SMILES string of the molecule is CC1CCc2nc(C3CCC(C(C)(C)C)CC3)[nH]c2C1. The third-order valence-electron chi connectivity index (χ3n) is 5.65. The van der Waals surface area contributed by atoms with Crippen molar-refractivity contribution in [2.75, 3.05) is 0 Å². The molecule has 0 saturated heterocycles. The number of aryl methyl sites for hydroxylation is 1. The zero-order valence-corrected chi connectivity index (χ0v) is 13.6. The van der Waals surface area contributed by atoms with E-state index < -0.39 is 0 Å². The zero-order chi connectivity index (χ0) is 14.3. The summed E-state index contributed by atoms with van der Waals surface area (Å²) in [5, 5.41) is 0. The monoisotopic (exact) mass is 274 g/mol. The summed E-state index contributed by atoms with van der Waals surface area (Å²) in [6.45, 7) is 9.54. The van der Waals surface area contributed by atoms with Crippen molar-refractivity contribution < 1.29 is 0 Å². The van der Waals surface area contributed by atoms with Crippen molar-refractivity contribution in [1.82, 2.24) is 9.97 Å². The molecular weight excluding hydrogens is 244 g/mol. The number of H-pyrrole nitrogens is 1. The largest absolute Gasteiger partial charge is 0.345 e. The summed E-state index contributed by atoms with van der Waals surface area (Å²) < 4.78 is 0. The molecule has 1 aromatic heterocycles. The van der Waals surface area contributed by atoms with E-state index in [9.17, 15) is 0 Å². The number of nitrogens with one attached hydrogen (secondary N) is 1. The summed E-state index contributed by atoms with van der Waals surface area (Å²) in [5.41, 5.74) is 3.29. The Morgan fingerprint density at radius 1 is 1.05 bits per heavy atom. The predicted molar refractivity (Wildman–Crippen MR) is 83.9 cm³/mol. The minimum Gasteiger partial charge on any atom is -0.345 e. The van der Waals surface area contributed by atoms with Gasteiger partial charge in [-0.25, -0.2) is 4.98 Å². The molecule has 0 bridgehead atoms. The van der Waals surface area contributed by atoms with Gasteiger partial charge in [0.15, 0.2) is 0 Å². The second-order valence-corrected chi connectivity index (χ2v) is 8.31. The second-order valence-electron chi connectivity index (χ2n) is 8.31. The number of nitrogens with zero attached hydrogens (tertiary/aromatic N) is 1. The molecule has 0 radical (unpaired) electrons. The molecular formula is C18H30N2. The molecule has 0 spiro atoms. The number of aromatic amines is 1. The maximum Gasteiger partial charge on any atom is 0.109 e. The maximum atomic E-state index is 4.94. The lowest BCUT2D eigenvalue weighted by Crippen LogP contribution is -2.25. The van der Waals surface area contributed by atoms with Gasteiger partial charge in [-0.1, -0.05) is 27.7 Å². The lowest BCUT2D eigenvalue weighted by Gasteiger charge is -2.36. The standard InChI is InChI=1S/C18H30N2/c1-12-5-10-15-16(11-12)20-17(19-15)13-6-8-14(9-7-13)18(2,3)4/h12-14H,5-11H2,1-4H3,(H,19,20).